The van der Waals surface area contributed by atoms with Gasteiger partial charge in [0, 0.05) is 17.7 Å². The summed E-state index contributed by atoms with van der Waals surface area (Å²) in [6.45, 7) is -0.992. The average Bonchev–Trinajstić information content (AvgIpc) is 2.93. The van der Waals surface area contributed by atoms with E-state index < -0.39 is 83.9 Å². The minimum atomic E-state index is -2.16. The quantitative estimate of drug-likeness (QED) is 0.0761. The normalized spacial score (nSPS) is 21.8. The summed E-state index contributed by atoms with van der Waals surface area (Å²) in [6.07, 6.45) is -9.46. The summed E-state index contributed by atoms with van der Waals surface area (Å²) in [5.41, 5.74) is -0.612. The first-order chi connectivity index (χ1) is 19.8. The van der Waals surface area contributed by atoms with Crippen LogP contribution in [0.4, 0.5) is 0 Å². The fraction of sp³-hybridized carbons (Fsp3) is 0.240. The summed E-state index contributed by atoms with van der Waals surface area (Å²) in [7, 11) is 0. The summed E-state index contributed by atoms with van der Waals surface area (Å²) in [4.78, 5) is 56.6. The number of carbonyl (C=O) groups excluding carboxylic acids is 3. The van der Waals surface area contributed by atoms with Gasteiger partial charge in [-0.1, -0.05) is 0 Å². The van der Waals surface area contributed by atoms with Gasteiger partial charge in [-0.05, 0) is 24.3 Å². The molecule has 1 aliphatic carbocycles. The first kappa shape index (κ1) is 29.7. The maximum Gasteiger partial charge on any atom is 0.425 e. The topological polar surface area (TPSA) is 277 Å². The van der Waals surface area contributed by atoms with Crippen LogP contribution in [0.5, 0.6) is 23.0 Å². The van der Waals surface area contributed by atoms with E-state index in [0.29, 0.717) is 0 Å². The van der Waals surface area contributed by atoms with E-state index in [1.165, 1.54) is 6.07 Å². The molecule has 42 heavy (non-hydrogen) atoms. The van der Waals surface area contributed by atoms with Crippen LogP contribution in [-0.2, 0) is 33.4 Å². The molecular formula is C25H20O17. The lowest BCUT2D eigenvalue weighted by Crippen LogP contribution is -2.60. The van der Waals surface area contributed by atoms with Gasteiger partial charge in [-0.3, -0.25) is 4.79 Å². The lowest BCUT2D eigenvalue weighted by atomic mass is 9.99. The van der Waals surface area contributed by atoms with Crippen LogP contribution >= 0.6 is 0 Å². The Morgan fingerprint density at radius 2 is 1.52 bits per heavy atom. The molecule has 0 radical (unpaired) electrons. The van der Waals surface area contributed by atoms with Crippen molar-refractivity contribution in [2.45, 2.75) is 30.7 Å². The van der Waals surface area contributed by atoms with Gasteiger partial charge in [0.2, 0.25) is 6.29 Å². The van der Waals surface area contributed by atoms with Gasteiger partial charge in [0.25, 0.3) is 0 Å². The van der Waals surface area contributed by atoms with Gasteiger partial charge in [-0.25, -0.2) is 19.2 Å². The van der Waals surface area contributed by atoms with E-state index in [2.05, 4.69) is 9.47 Å². The monoisotopic (exact) mass is 592 g/mol. The highest BCUT2D eigenvalue weighted by molar-refractivity contribution is 6.38. The predicted octanol–water partition coefficient (Wildman–Crippen LogP) is -1.59. The van der Waals surface area contributed by atoms with E-state index in [4.69, 9.17) is 19.0 Å². The lowest BCUT2D eigenvalue weighted by molar-refractivity contribution is -0.278. The van der Waals surface area contributed by atoms with Crippen molar-refractivity contribution >= 4 is 23.9 Å². The first-order valence-corrected chi connectivity index (χ1v) is 11.6. The SMILES string of the molecule is O=C(O)C(=O)OC(=O)C(=O)OC[C@H]1O[C@@H](Oc2cc3c(O)cc(=O)cc-3oc2-c2ccc(O)c(O)c2)[C@H](O)[C@@H](O)[C@@H]1O. The second kappa shape index (κ2) is 11.7. The molecule has 2 heterocycles. The number of rotatable bonds is 5. The Balaban J connectivity index is 1.63. The lowest BCUT2D eigenvalue weighted by Gasteiger charge is -2.40. The summed E-state index contributed by atoms with van der Waals surface area (Å²) >= 11 is 0. The molecular weight excluding hydrogens is 572 g/mol. The number of aliphatic hydroxyl groups excluding tert-OH is 3. The van der Waals surface area contributed by atoms with Crippen molar-refractivity contribution in [2.75, 3.05) is 6.61 Å². The van der Waals surface area contributed by atoms with Crippen molar-refractivity contribution in [3.05, 3.63) is 46.6 Å². The van der Waals surface area contributed by atoms with Crippen LogP contribution in [-0.4, -0.2) is 96.9 Å². The van der Waals surface area contributed by atoms with Gasteiger partial charge >= 0.3 is 23.9 Å². The van der Waals surface area contributed by atoms with Crippen LogP contribution in [0.2, 0.25) is 0 Å². The van der Waals surface area contributed by atoms with E-state index in [9.17, 15) is 54.6 Å². The van der Waals surface area contributed by atoms with E-state index in [1.54, 1.807) is 0 Å². The van der Waals surface area contributed by atoms with Crippen molar-refractivity contribution in [3.63, 3.8) is 0 Å². The molecule has 17 nitrogen and oxygen atoms in total. The van der Waals surface area contributed by atoms with Gasteiger partial charge in [0.05, 0.1) is 5.56 Å². The number of carboxylic acid groups (broad SMARTS) is 1. The Kier molecular flexibility index (Phi) is 8.29. The Hall–Kier alpha value is -5.23. The van der Waals surface area contributed by atoms with Gasteiger partial charge in [-0.2, -0.15) is 0 Å². The molecule has 3 aliphatic rings. The number of aliphatic carboxylic acids is 1. The zero-order chi connectivity index (χ0) is 30.9. The van der Waals surface area contributed by atoms with E-state index >= 15 is 0 Å². The second-order valence-electron chi connectivity index (χ2n) is 8.71. The second-order valence-corrected chi connectivity index (χ2v) is 8.71. The minimum absolute atomic E-state index is 0.0536. The molecule has 0 unspecified atom stereocenters. The number of aliphatic hydroxyl groups is 3. The molecule has 17 heteroatoms. The number of fused-ring (bicyclic) bond motifs is 1. The first-order valence-electron chi connectivity index (χ1n) is 11.6. The molecule has 1 fully saturated rings. The summed E-state index contributed by atoms with van der Waals surface area (Å²) in [6, 6.07) is 6.50. The largest absolute Gasteiger partial charge is 0.507 e. The average molecular weight is 592 g/mol. The Labute approximate surface area is 232 Å². The summed E-state index contributed by atoms with van der Waals surface area (Å²) < 4.78 is 25.1. The van der Waals surface area contributed by atoms with Gasteiger partial charge in [-0.15, -0.1) is 0 Å². The molecule has 1 aromatic rings. The number of aromatic hydroxyl groups is 3. The molecule has 0 spiro atoms. The minimum Gasteiger partial charge on any atom is -0.507 e. The number of esters is 3. The van der Waals surface area contributed by atoms with Crippen molar-refractivity contribution < 1.29 is 78.3 Å². The maximum atomic E-state index is 11.9. The standard InChI is InChI=1S/C25H20O17/c26-9-4-12(28)10-6-15(20(39-14(10)5-9)8-1-2-11(27)13(29)3-8)40-25-19(32)18(31)17(30)16(41-25)7-38-23(36)24(37)42-22(35)21(33)34/h1-6,16-19,25,27-32H,7H2,(H,33,34)/t16-,17-,18+,19-,25-/m1/s1. The van der Waals surface area contributed by atoms with Crippen molar-refractivity contribution in [2.24, 2.45) is 0 Å². The molecule has 0 saturated carbocycles. The predicted molar refractivity (Wildman–Crippen MR) is 129 cm³/mol. The van der Waals surface area contributed by atoms with E-state index in [-0.39, 0.29) is 28.4 Å². The third-order valence-electron chi connectivity index (χ3n) is 5.86. The molecule has 4 rings (SSSR count). The molecule has 2 aliphatic heterocycles. The van der Waals surface area contributed by atoms with Gasteiger partial charge in [0.15, 0.2) is 28.4 Å². The van der Waals surface area contributed by atoms with Crippen molar-refractivity contribution in [3.8, 4) is 45.6 Å². The number of hydrogen-bond acceptors (Lipinski definition) is 16. The Morgan fingerprint density at radius 3 is 2.19 bits per heavy atom. The smallest absolute Gasteiger partial charge is 0.425 e. The zero-order valence-electron chi connectivity index (χ0n) is 20.8. The van der Waals surface area contributed by atoms with Crippen LogP contribution in [0, 0.1) is 0 Å². The number of phenolic OH excluding ortho intramolecular Hbond substituents is 3. The molecule has 1 saturated heterocycles. The molecule has 0 aromatic heterocycles. The molecule has 0 bridgehead atoms. The van der Waals surface area contributed by atoms with Crippen LogP contribution < -0.4 is 10.2 Å². The zero-order valence-corrected chi connectivity index (χ0v) is 20.8. The highest BCUT2D eigenvalue weighted by Crippen LogP contribution is 2.43. The van der Waals surface area contributed by atoms with E-state index in [1.807, 2.05) is 0 Å². The number of carboxylic acids is 1. The molecule has 222 valence electrons. The summed E-state index contributed by atoms with van der Waals surface area (Å²) in [5.74, 6) is -10.3. The van der Waals surface area contributed by atoms with Crippen LogP contribution in [0.1, 0.15) is 0 Å². The third-order valence-corrected chi connectivity index (χ3v) is 5.86. The van der Waals surface area contributed by atoms with Gasteiger partial charge < -0.3 is 59.1 Å². The molecule has 0 amide bonds. The maximum absolute atomic E-state index is 11.9. The third kappa shape index (κ3) is 6.08. The Bertz CT molecular complexity index is 1580. The van der Waals surface area contributed by atoms with Crippen LogP contribution in [0.3, 0.4) is 0 Å². The fourth-order valence-corrected chi connectivity index (χ4v) is 3.79. The van der Waals surface area contributed by atoms with Crippen LogP contribution in [0.25, 0.3) is 22.6 Å². The van der Waals surface area contributed by atoms with Crippen LogP contribution in [0.15, 0.2) is 45.6 Å². The van der Waals surface area contributed by atoms with Crippen molar-refractivity contribution in [1.82, 2.24) is 0 Å². The summed E-state index contributed by atoms with van der Waals surface area (Å²) in [5, 5.41) is 69.5. The highest BCUT2D eigenvalue weighted by Gasteiger charge is 2.46. The number of carbonyl (C=O) groups is 4. The molecule has 7 N–H and O–H groups in total. The fourth-order valence-electron chi connectivity index (χ4n) is 3.79. The molecule has 5 atom stereocenters. The number of benzene rings is 2. The molecule has 1 aromatic carbocycles. The number of hydrogen-bond donors (Lipinski definition) is 7. The van der Waals surface area contributed by atoms with Crippen molar-refractivity contribution in [1.29, 1.82) is 0 Å². The van der Waals surface area contributed by atoms with E-state index in [0.717, 1.165) is 30.3 Å². The van der Waals surface area contributed by atoms with Gasteiger partial charge in [0.1, 0.15) is 42.5 Å². The Morgan fingerprint density at radius 1 is 0.810 bits per heavy atom. The number of ether oxygens (including phenoxy) is 4. The highest BCUT2D eigenvalue weighted by atomic mass is 16.7. The number of phenols is 3.